The van der Waals surface area contributed by atoms with Crippen molar-refractivity contribution in [2.45, 2.75) is 19.5 Å². The fourth-order valence-corrected chi connectivity index (χ4v) is 3.82. The van der Waals surface area contributed by atoms with E-state index in [9.17, 15) is 4.79 Å². The number of halogens is 1. The number of rotatable bonds is 5. The summed E-state index contributed by atoms with van der Waals surface area (Å²) in [5, 5.41) is 12.7. The van der Waals surface area contributed by atoms with E-state index in [0.29, 0.717) is 18.8 Å². The minimum Gasteiger partial charge on any atom is -0.497 e. The Bertz CT molecular complexity index is 893. The molecule has 4 rings (SSSR count). The van der Waals surface area contributed by atoms with Gasteiger partial charge >= 0.3 is 0 Å². The smallest absolute Gasteiger partial charge is 0.279 e. The molecule has 0 fully saturated rings. The first-order valence-electron chi connectivity index (χ1n) is 8.51. The molecule has 0 saturated heterocycles. The highest BCUT2D eigenvalue weighted by Crippen LogP contribution is 2.26. The molecule has 3 heterocycles. The van der Waals surface area contributed by atoms with Crippen LogP contribution in [-0.4, -0.2) is 29.8 Å². The van der Waals surface area contributed by atoms with Gasteiger partial charge in [-0.3, -0.25) is 9.89 Å². The third-order valence-electron chi connectivity index (χ3n) is 4.53. The first-order chi connectivity index (χ1) is 12.8. The summed E-state index contributed by atoms with van der Waals surface area (Å²) in [6.45, 7) is 2.08. The van der Waals surface area contributed by atoms with Crippen LogP contribution in [0.25, 0.3) is 0 Å². The molecular weight excluding hydrogens is 384 g/mol. The summed E-state index contributed by atoms with van der Waals surface area (Å²) >= 11 is 1.64. The highest BCUT2D eigenvalue weighted by atomic mass is 35.5. The van der Waals surface area contributed by atoms with Gasteiger partial charge in [-0.05, 0) is 35.7 Å². The number of nitrogens with zero attached hydrogens (tertiary/aromatic N) is 2. The number of thiophene rings is 1. The first kappa shape index (κ1) is 19.4. The summed E-state index contributed by atoms with van der Waals surface area (Å²) in [5.74, 6) is 0.670. The number of anilines is 1. The van der Waals surface area contributed by atoms with Crippen molar-refractivity contribution in [3.05, 3.63) is 63.6 Å². The SMILES string of the molecule is COc1ccc(N(Cc2cccs2)C(=O)c2n[nH]c3c2CNCC3)cc1.Cl. The number of hydrogen-bond acceptors (Lipinski definition) is 5. The number of H-pyrrole nitrogens is 1. The molecule has 1 aliphatic heterocycles. The number of carbonyl (C=O) groups is 1. The summed E-state index contributed by atoms with van der Waals surface area (Å²) < 4.78 is 5.23. The second kappa shape index (κ2) is 8.56. The molecule has 3 aromatic rings. The first-order valence-corrected chi connectivity index (χ1v) is 9.39. The van der Waals surface area contributed by atoms with Crippen LogP contribution < -0.4 is 15.0 Å². The van der Waals surface area contributed by atoms with Crippen LogP contribution in [0.5, 0.6) is 5.75 Å². The van der Waals surface area contributed by atoms with E-state index < -0.39 is 0 Å². The van der Waals surface area contributed by atoms with Crippen LogP contribution >= 0.6 is 23.7 Å². The lowest BCUT2D eigenvalue weighted by atomic mass is 10.1. The van der Waals surface area contributed by atoms with E-state index in [1.54, 1.807) is 23.3 Å². The Hall–Kier alpha value is -2.35. The number of methoxy groups -OCH3 is 1. The lowest BCUT2D eigenvalue weighted by molar-refractivity contribution is 0.0979. The van der Waals surface area contributed by atoms with Gasteiger partial charge in [0.15, 0.2) is 5.69 Å². The van der Waals surface area contributed by atoms with Gasteiger partial charge in [-0.2, -0.15) is 5.10 Å². The number of aromatic amines is 1. The predicted molar refractivity (Wildman–Crippen MR) is 109 cm³/mol. The average molecular weight is 405 g/mol. The second-order valence-corrected chi connectivity index (χ2v) is 7.16. The number of benzene rings is 1. The van der Waals surface area contributed by atoms with Gasteiger partial charge in [0.05, 0.1) is 13.7 Å². The summed E-state index contributed by atoms with van der Waals surface area (Å²) in [7, 11) is 1.63. The molecule has 6 nitrogen and oxygen atoms in total. The number of aromatic nitrogens is 2. The van der Waals surface area contributed by atoms with E-state index in [4.69, 9.17) is 4.74 Å². The van der Waals surface area contributed by atoms with Crippen molar-refractivity contribution >= 4 is 35.3 Å². The molecule has 0 saturated carbocycles. The third-order valence-corrected chi connectivity index (χ3v) is 5.39. The Morgan fingerprint density at radius 3 is 2.81 bits per heavy atom. The summed E-state index contributed by atoms with van der Waals surface area (Å²) in [5.41, 5.74) is 3.35. The number of carbonyl (C=O) groups excluding carboxylic acids is 1. The maximum Gasteiger partial charge on any atom is 0.279 e. The number of amides is 1. The predicted octanol–water partition coefficient (Wildman–Crippen LogP) is 3.39. The normalized spacial score (nSPS) is 12.8. The number of ether oxygens (including phenoxy) is 1. The Kier molecular flexibility index (Phi) is 6.15. The van der Waals surface area contributed by atoms with Crippen LogP contribution in [0.3, 0.4) is 0 Å². The Balaban J connectivity index is 0.00000210. The van der Waals surface area contributed by atoms with Gasteiger partial charge in [-0.1, -0.05) is 6.07 Å². The third kappa shape index (κ3) is 4.00. The van der Waals surface area contributed by atoms with Crippen LogP contribution in [0, 0.1) is 0 Å². The molecular formula is C19H21ClN4O2S. The van der Waals surface area contributed by atoms with Crippen LogP contribution in [0.15, 0.2) is 41.8 Å². The Labute approximate surface area is 168 Å². The highest BCUT2D eigenvalue weighted by molar-refractivity contribution is 7.09. The Morgan fingerprint density at radius 2 is 2.11 bits per heavy atom. The zero-order valence-electron chi connectivity index (χ0n) is 14.9. The van der Waals surface area contributed by atoms with Crippen molar-refractivity contribution in [3.8, 4) is 5.75 Å². The van der Waals surface area contributed by atoms with Gasteiger partial charge in [0, 0.05) is 41.3 Å². The molecule has 0 unspecified atom stereocenters. The zero-order chi connectivity index (χ0) is 17.9. The van der Waals surface area contributed by atoms with Gasteiger partial charge in [0.1, 0.15) is 5.75 Å². The maximum absolute atomic E-state index is 13.3. The minimum absolute atomic E-state index is 0. The molecule has 0 atom stereocenters. The minimum atomic E-state index is -0.0928. The van der Waals surface area contributed by atoms with Crippen molar-refractivity contribution in [1.82, 2.24) is 15.5 Å². The molecule has 0 bridgehead atoms. The topological polar surface area (TPSA) is 70.2 Å². The van der Waals surface area contributed by atoms with Crippen molar-refractivity contribution in [2.24, 2.45) is 0 Å². The highest BCUT2D eigenvalue weighted by Gasteiger charge is 2.27. The Morgan fingerprint density at radius 1 is 1.30 bits per heavy atom. The zero-order valence-corrected chi connectivity index (χ0v) is 16.5. The quantitative estimate of drug-likeness (QED) is 0.683. The van der Waals surface area contributed by atoms with Crippen LogP contribution in [0.1, 0.15) is 26.6 Å². The number of fused-ring (bicyclic) bond motifs is 1. The van der Waals surface area contributed by atoms with Crippen molar-refractivity contribution in [1.29, 1.82) is 0 Å². The van der Waals surface area contributed by atoms with Gasteiger partial charge in [-0.25, -0.2) is 0 Å². The fraction of sp³-hybridized carbons (Fsp3) is 0.263. The van der Waals surface area contributed by atoms with Gasteiger partial charge in [0.25, 0.3) is 5.91 Å². The molecule has 142 valence electrons. The van der Waals surface area contributed by atoms with E-state index in [1.165, 1.54) is 0 Å². The largest absolute Gasteiger partial charge is 0.497 e. The molecule has 1 amide bonds. The summed E-state index contributed by atoms with van der Waals surface area (Å²) in [6, 6.07) is 11.6. The molecule has 1 aliphatic rings. The van der Waals surface area contributed by atoms with Gasteiger partial charge in [0.2, 0.25) is 0 Å². The van der Waals surface area contributed by atoms with E-state index >= 15 is 0 Å². The van der Waals surface area contributed by atoms with E-state index in [-0.39, 0.29) is 18.3 Å². The van der Waals surface area contributed by atoms with E-state index in [2.05, 4.69) is 15.5 Å². The van der Waals surface area contributed by atoms with Crippen LogP contribution in [0.4, 0.5) is 5.69 Å². The van der Waals surface area contributed by atoms with Gasteiger partial charge in [-0.15, -0.1) is 23.7 Å². The van der Waals surface area contributed by atoms with Crippen molar-refractivity contribution in [3.63, 3.8) is 0 Å². The summed E-state index contributed by atoms with van der Waals surface area (Å²) in [6.07, 6.45) is 0.864. The molecule has 0 radical (unpaired) electrons. The lowest BCUT2D eigenvalue weighted by Gasteiger charge is -2.23. The van der Waals surface area contributed by atoms with E-state index in [0.717, 1.165) is 40.5 Å². The molecule has 0 aliphatic carbocycles. The fourth-order valence-electron chi connectivity index (χ4n) is 3.13. The number of hydrogen-bond donors (Lipinski definition) is 2. The second-order valence-electron chi connectivity index (χ2n) is 6.12. The van der Waals surface area contributed by atoms with Crippen LogP contribution in [0.2, 0.25) is 0 Å². The number of nitrogens with one attached hydrogen (secondary N) is 2. The molecule has 0 spiro atoms. The molecule has 2 aromatic heterocycles. The van der Waals surface area contributed by atoms with Gasteiger partial charge < -0.3 is 15.0 Å². The van der Waals surface area contributed by atoms with Crippen LogP contribution in [-0.2, 0) is 19.5 Å². The van der Waals surface area contributed by atoms with Crippen molar-refractivity contribution < 1.29 is 9.53 Å². The van der Waals surface area contributed by atoms with Crippen molar-refractivity contribution in [2.75, 3.05) is 18.6 Å². The average Bonchev–Trinajstić information content (AvgIpc) is 3.35. The molecule has 8 heteroatoms. The molecule has 2 N–H and O–H groups in total. The summed E-state index contributed by atoms with van der Waals surface area (Å²) in [4.78, 5) is 16.2. The lowest BCUT2D eigenvalue weighted by Crippen LogP contribution is -2.32. The standard InChI is InChI=1S/C19H20N4O2S.ClH/c1-25-14-6-4-13(5-7-14)23(12-15-3-2-10-26-15)19(24)18-16-11-20-9-8-17(16)21-22-18;/h2-7,10,20H,8-9,11-12H2,1H3,(H,21,22);1H. The van der Waals surface area contributed by atoms with E-state index in [1.807, 2.05) is 41.8 Å². The molecule has 1 aromatic carbocycles. The monoisotopic (exact) mass is 404 g/mol. The maximum atomic E-state index is 13.3. The molecule has 27 heavy (non-hydrogen) atoms.